The zero-order chi connectivity index (χ0) is 17.0. The van der Waals surface area contributed by atoms with Crippen LogP contribution < -0.4 is 15.6 Å². The van der Waals surface area contributed by atoms with Crippen LogP contribution in [-0.2, 0) is 4.79 Å². The highest BCUT2D eigenvalue weighted by Crippen LogP contribution is 2.23. The first-order valence-corrected chi connectivity index (χ1v) is 6.67. The van der Waals surface area contributed by atoms with Gasteiger partial charge in [0.25, 0.3) is 5.91 Å². The molecule has 0 bridgehead atoms. The Bertz CT molecular complexity index is 820. The Balaban J connectivity index is 2.07. The average Bonchev–Trinajstić information content (AvgIpc) is 2.47. The molecule has 23 heavy (non-hydrogen) atoms. The van der Waals surface area contributed by atoms with Crippen LogP contribution >= 0.6 is 11.6 Å². The normalized spacial score (nSPS) is 10.2. The van der Waals surface area contributed by atoms with Gasteiger partial charge in [-0.25, -0.2) is 0 Å². The first-order chi connectivity index (χ1) is 10.9. The number of nitrogens with zero attached hydrogens (tertiary/aromatic N) is 2. The second kappa shape index (κ2) is 6.88. The topological polar surface area (TPSA) is 127 Å². The minimum atomic E-state index is -0.970. The molecule has 0 aliphatic rings. The van der Waals surface area contributed by atoms with Crippen LogP contribution in [0.3, 0.4) is 0 Å². The SMILES string of the molecule is Cc1ccc(NC(=O)COc2nc[nH]c(=O)c2[N+](=O)[O-])c(Cl)c1. The number of aromatic nitrogens is 2. The quantitative estimate of drug-likeness (QED) is 0.630. The van der Waals surface area contributed by atoms with Crippen LogP contribution in [0.25, 0.3) is 0 Å². The summed E-state index contributed by atoms with van der Waals surface area (Å²) in [6.45, 7) is 1.28. The van der Waals surface area contributed by atoms with E-state index in [1.807, 2.05) is 6.92 Å². The van der Waals surface area contributed by atoms with Gasteiger partial charge in [-0.2, -0.15) is 4.98 Å². The van der Waals surface area contributed by atoms with Crippen molar-refractivity contribution in [3.05, 3.63) is 55.6 Å². The molecule has 0 saturated heterocycles. The van der Waals surface area contributed by atoms with Gasteiger partial charge in [0.1, 0.15) is 0 Å². The molecule has 0 radical (unpaired) electrons. The smallest absolute Gasteiger partial charge is 0.395 e. The maximum atomic E-state index is 11.8. The Hall–Kier alpha value is -2.94. The highest BCUT2D eigenvalue weighted by atomic mass is 35.5. The van der Waals surface area contributed by atoms with E-state index in [0.717, 1.165) is 11.9 Å². The molecule has 0 aliphatic heterocycles. The van der Waals surface area contributed by atoms with Crippen LogP contribution in [0.5, 0.6) is 5.88 Å². The van der Waals surface area contributed by atoms with Gasteiger partial charge in [-0.3, -0.25) is 19.7 Å². The van der Waals surface area contributed by atoms with Crippen molar-refractivity contribution in [1.29, 1.82) is 0 Å². The molecule has 2 N–H and O–H groups in total. The maximum absolute atomic E-state index is 11.8. The summed E-state index contributed by atoms with van der Waals surface area (Å²) in [6, 6.07) is 5.04. The fourth-order valence-corrected chi connectivity index (χ4v) is 1.97. The molecule has 1 aromatic heterocycles. The summed E-state index contributed by atoms with van der Waals surface area (Å²) >= 11 is 5.98. The van der Waals surface area contributed by atoms with Gasteiger partial charge in [-0.15, -0.1) is 0 Å². The highest BCUT2D eigenvalue weighted by Gasteiger charge is 2.22. The number of H-pyrrole nitrogens is 1. The van der Waals surface area contributed by atoms with Crippen molar-refractivity contribution in [1.82, 2.24) is 9.97 Å². The van der Waals surface area contributed by atoms with Gasteiger partial charge < -0.3 is 15.0 Å². The molecule has 9 nitrogen and oxygen atoms in total. The summed E-state index contributed by atoms with van der Waals surface area (Å²) in [5, 5.41) is 13.6. The number of carbonyl (C=O) groups excluding carboxylic acids is 1. The Morgan fingerprint density at radius 3 is 2.91 bits per heavy atom. The number of anilines is 1. The van der Waals surface area contributed by atoms with E-state index in [2.05, 4.69) is 15.3 Å². The van der Waals surface area contributed by atoms with E-state index >= 15 is 0 Å². The highest BCUT2D eigenvalue weighted by molar-refractivity contribution is 6.33. The van der Waals surface area contributed by atoms with Gasteiger partial charge >= 0.3 is 17.1 Å². The van der Waals surface area contributed by atoms with Crippen molar-refractivity contribution in [2.45, 2.75) is 6.92 Å². The van der Waals surface area contributed by atoms with Gasteiger partial charge in [0, 0.05) is 0 Å². The standard InChI is InChI=1S/C13H11ClN4O5/c1-7-2-3-9(8(14)4-7)17-10(19)5-23-13-11(18(21)22)12(20)15-6-16-13/h2-4,6H,5H2,1H3,(H,17,19)(H,15,16,20). The molecule has 0 spiro atoms. The van der Waals surface area contributed by atoms with Gasteiger partial charge in [-0.1, -0.05) is 17.7 Å². The number of benzene rings is 1. The largest absolute Gasteiger partial charge is 0.462 e. The van der Waals surface area contributed by atoms with Gasteiger partial charge in [0.2, 0.25) is 0 Å². The molecule has 0 fully saturated rings. The molecule has 1 amide bonds. The number of ether oxygens (including phenoxy) is 1. The number of hydrogen-bond acceptors (Lipinski definition) is 6. The number of rotatable bonds is 5. The number of halogens is 1. The summed E-state index contributed by atoms with van der Waals surface area (Å²) in [6.07, 6.45) is 0.944. The molecular formula is C13H11ClN4O5. The van der Waals surface area contributed by atoms with Crippen molar-refractivity contribution < 1.29 is 14.5 Å². The first kappa shape index (κ1) is 16.4. The molecular weight excluding hydrogens is 328 g/mol. The lowest BCUT2D eigenvalue weighted by Gasteiger charge is -2.08. The average molecular weight is 339 g/mol. The minimum Gasteiger partial charge on any atom is -0.462 e. The third kappa shape index (κ3) is 4.04. The number of amides is 1. The van der Waals surface area contributed by atoms with E-state index in [4.69, 9.17) is 16.3 Å². The van der Waals surface area contributed by atoms with Crippen LogP contribution in [0.2, 0.25) is 5.02 Å². The number of aryl methyl sites for hydroxylation is 1. The van der Waals surface area contributed by atoms with Crippen LogP contribution in [0.15, 0.2) is 29.3 Å². The third-order valence-corrected chi connectivity index (χ3v) is 3.03. The third-order valence-electron chi connectivity index (χ3n) is 2.72. The van der Waals surface area contributed by atoms with Gasteiger partial charge in [0.05, 0.1) is 22.0 Å². The van der Waals surface area contributed by atoms with Crippen LogP contribution in [0.1, 0.15) is 5.56 Å². The van der Waals surface area contributed by atoms with Crippen molar-refractivity contribution in [3.63, 3.8) is 0 Å². The van der Waals surface area contributed by atoms with Crippen molar-refractivity contribution in [2.75, 3.05) is 11.9 Å². The van der Waals surface area contributed by atoms with Crippen LogP contribution in [-0.4, -0.2) is 27.4 Å². The van der Waals surface area contributed by atoms with Crippen molar-refractivity contribution in [3.8, 4) is 5.88 Å². The maximum Gasteiger partial charge on any atom is 0.395 e. The second-order valence-electron chi connectivity index (χ2n) is 4.46. The summed E-state index contributed by atoms with van der Waals surface area (Å²) < 4.78 is 4.95. The first-order valence-electron chi connectivity index (χ1n) is 6.29. The molecule has 120 valence electrons. The van der Waals surface area contributed by atoms with E-state index in [9.17, 15) is 19.7 Å². The lowest BCUT2D eigenvalue weighted by Crippen LogP contribution is -2.22. The predicted octanol–water partition coefficient (Wildman–Crippen LogP) is 1.66. The zero-order valence-corrected chi connectivity index (χ0v) is 12.6. The second-order valence-corrected chi connectivity index (χ2v) is 4.87. The molecule has 0 atom stereocenters. The Morgan fingerprint density at radius 1 is 1.52 bits per heavy atom. The molecule has 0 saturated carbocycles. The van der Waals surface area contributed by atoms with E-state index in [1.54, 1.807) is 18.2 Å². The van der Waals surface area contributed by atoms with Crippen LogP contribution in [0.4, 0.5) is 11.4 Å². The summed E-state index contributed by atoms with van der Waals surface area (Å²) in [7, 11) is 0. The van der Waals surface area contributed by atoms with E-state index in [1.165, 1.54) is 0 Å². The number of carbonyl (C=O) groups is 1. The Morgan fingerprint density at radius 2 is 2.26 bits per heavy atom. The minimum absolute atomic E-state index is 0.346. The Kier molecular flexibility index (Phi) is 4.91. The van der Waals surface area contributed by atoms with Crippen molar-refractivity contribution in [2.24, 2.45) is 0 Å². The zero-order valence-electron chi connectivity index (χ0n) is 11.8. The van der Waals surface area contributed by atoms with Crippen molar-refractivity contribution >= 4 is 28.9 Å². The lowest BCUT2D eigenvalue weighted by molar-refractivity contribution is -0.387. The molecule has 2 aromatic rings. The summed E-state index contributed by atoms with van der Waals surface area (Å²) in [4.78, 5) is 38.6. The van der Waals surface area contributed by atoms with E-state index in [0.29, 0.717) is 10.7 Å². The number of aromatic amines is 1. The molecule has 1 heterocycles. The van der Waals surface area contributed by atoms with E-state index < -0.39 is 34.6 Å². The number of nitro groups is 1. The fraction of sp³-hybridized carbons (Fsp3) is 0.154. The van der Waals surface area contributed by atoms with E-state index in [-0.39, 0.29) is 0 Å². The molecule has 10 heteroatoms. The number of nitrogens with one attached hydrogen (secondary N) is 2. The Labute approximate surface area is 134 Å². The van der Waals surface area contributed by atoms with Gasteiger partial charge in [-0.05, 0) is 24.6 Å². The monoisotopic (exact) mass is 338 g/mol. The molecule has 2 rings (SSSR count). The lowest BCUT2D eigenvalue weighted by atomic mass is 10.2. The predicted molar refractivity (Wildman–Crippen MR) is 81.8 cm³/mol. The van der Waals surface area contributed by atoms with Crippen LogP contribution in [0, 0.1) is 17.0 Å². The molecule has 0 unspecified atom stereocenters. The molecule has 1 aromatic carbocycles. The number of hydrogen-bond donors (Lipinski definition) is 2. The van der Waals surface area contributed by atoms with Gasteiger partial charge in [0.15, 0.2) is 6.61 Å². The fourth-order valence-electron chi connectivity index (χ4n) is 1.68. The summed E-state index contributed by atoms with van der Waals surface area (Å²) in [5.41, 5.74) is -0.539. The molecule has 0 aliphatic carbocycles. The summed E-state index contributed by atoms with van der Waals surface area (Å²) in [5.74, 6) is -1.14.